The lowest BCUT2D eigenvalue weighted by atomic mass is 9.82. The van der Waals surface area contributed by atoms with Crippen LogP contribution in [0.5, 0.6) is 0 Å². The second-order valence-electron chi connectivity index (χ2n) is 4.98. The zero-order valence-electron chi connectivity index (χ0n) is 10.5. The predicted molar refractivity (Wildman–Crippen MR) is 68.4 cm³/mol. The van der Waals surface area contributed by atoms with Crippen LogP contribution >= 0.6 is 0 Å². The molecule has 2 atom stereocenters. The van der Waals surface area contributed by atoms with Gasteiger partial charge in [0.2, 0.25) is 0 Å². The number of sulfone groups is 1. The lowest BCUT2D eigenvalue weighted by Crippen LogP contribution is -2.38. The molecule has 0 bridgehead atoms. The number of rotatable bonds is 6. The maximum Gasteiger partial charge on any atom is 0.147 e. The van der Waals surface area contributed by atoms with Crippen LogP contribution in [0.1, 0.15) is 45.4 Å². The molecule has 0 heterocycles. The molecule has 0 aromatic heterocycles. The first-order valence-corrected chi connectivity index (χ1v) is 8.50. The number of nitrogens with one attached hydrogen (secondary N) is 1. The molecule has 1 aliphatic rings. The minimum atomic E-state index is -2.78. The van der Waals surface area contributed by atoms with E-state index in [4.69, 9.17) is 0 Å². The molecule has 0 amide bonds. The van der Waals surface area contributed by atoms with Crippen molar-refractivity contribution in [3.8, 4) is 0 Å². The summed E-state index contributed by atoms with van der Waals surface area (Å²) in [6, 6.07) is 0.623. The van der Waals surface area contributed by atoms with Crippen molar-refractivity contribution in [2.45, 2.75) is 51.5 Å². The molecule has 1 aliphatic carbocycles. The normalized spacial score (nSPS) is 26.9. The van der Waals surface area contributed by atoms with E-state index in [0.717, 1.165) is 19.4 Å². The molecule has 96 valence electrons. The summed E-state index contributed by atoms with van der Waals surface area (Å²) in [4.78, 5) is 0. The van der Waals surface area contributed by atoms with Crippen LogP contribution in [0.15, 0.2) is 0 Å². The molecular formula is C12H25NO2S. The Labute approximate surface area is 99.9 Å². The van der Waals surface area contributed by atoms with Gasteiger partial charge in [0.1, 0.15) is 9.84 Å². The second-order valence-corrected chi connectivity index (χ2v) is 7.24. The Bertz CT molecular complexity index is 285. The summed E-state index contributed by atoms with van der Waals surface area (Å²) in [7, 11) is -2.78. The van der Waals surface area contributed by atoms with Crippen LogP contribution in [-0.2, 0) is 9.84 Å². The summed E-state index contributed by atoms with van der Waals surface area (Å²) in [5, 5.41) is 3.53. The topological polar surface area (TPSA) is 46.2 Å². The van der Waals surface area contributed by atoms with Crippen molar-refractivity contribution in [1.82, 2.24) is 5.32 Å². The van der Waals surface area contributed by atoms with Crippen molar-refractivity contribution in [3.05, 3.63) is 0 Å². The molecule has 1 N–H and O–H groups in total. The highest BCUT2D eigenvalue weighted by Gasteiger charge is 2.23. The molecule has 0 spiro atoms. The maximum absolute atomic E-state index is 11.1. The summed E-state index contributed by atoms with van der Waals surface area (Å²) < 4.78 is 22.1. The highest BCUT2D eigenvalue weighted by atomic mass is 32.2. The van der Waals surface area contributed by atoms with Crippen molar-refractivity contribution < 1.29 is 8.42 Å². The Hall–Kier alpha value is -0.0900. The number of hydrogen-bond acceptors (Lipinski definition) is 3. The van der Waals surface area contributed by atoms with Crippen molar-refractivity contribution in [3.63, 3.8) is 0 Å². The summed E-state index contributed by atoms with van der Waals surface area (Å²) in [6.45, 7) is 3.16. The summed E-state index contributed by atoms with van der Waals surface area (Å²) in [5.41, 5.74) is 0. The Morgan fingerprint density at radius 3 is 2.56 bits per heavy atom. The lowest BCUT2D eigenvalue weighted by Gasteiger charge is -2.32. The van der Waals surface area contributed by atoms with Gasteiger partial charge in [-0.1, -0.05) is 19.8 Å². The first-order chi connectivity index (χ1) is 7.53. The van der Waals surface area contributed by atoms with Gasteiger partial charge in [0, 0.05) is 18.1 Å². The van der Waals surface area contributed by atoms with Gasteiger partial charge in [0.05, 0.1) is 0 Å². The zero-order valence-corrected chi connectivity index (χ0v) is 11.4. The molecule has 0 aromatic rings. The van der Waals surface area contributed by atoms with Crippen LogP contribution in [-0.4, -0.2) is 33.0 Å². The van der Waals surface area contributed by atoms with E-state index in [1.165, 1.54) is 31.9 Å². The molecule has 3 nitrogen and oxygen atoms in total. The van der Waals surface area contributed by atoms with E-state index in [1.54, 1.807) is 0 Å². The molecule has 16 heavy (non-hydrogen) atoms. The molecule has 0 aromatic carbocycles. The first kappa shape index (κ1) is 14.0. The van der Waals surface area contributed by atoms with Crippen LogP contribution in [0.2, 0.25) is 0 Å². The zero-order chi connectivity index (χ0) is 12.0. The Balaban J connectivity index is 2.32. The fourth-order valence-corrected chi connectivity index (χ4v) is 3.38. The van der Waals surface area contributed by atoms with E-state index < -0.39 is 9.84 Å². The summed E-state index contributed by atoms with van der Waals surface area (Å²) >= 11 is 0. The summed E-state index contributed by atoms with van der Waals surface area (Å²) in [5.74, 6) is 1.04. The average Bonchev–Trinajstić information content (AvgIpc) is 2.19. The molecule has 1 saturated carbocycles. The van der Waals surface area contributed by atoms with Gasteiger partial charge in [-0.15, -0.1) is 0 Å². The van der Waals surface area contributed by atoms with Gasteiger partial charge in [-0.3, -0.25) is 0 Å². The Morgan fingerprint density at radius 1 is 1.25 bits per heavy atom. The highest BCUT2D eigenvalue weighted by molar-refractivity contribution is 7.90. The minimum Gasteiger partial charge on any atom is -0.314 e. The predicted octanol–water partition coefficient (Wildman–Crippen LogP) is 1.98. The van der Waals surface area contributed by atoms with Gasteiger partial charge in [-0.2, -0.15) is 0 Å². The summed E-state index contributed by atoms with van der Waals surface area (Å²) in [6.07, 6.45) is 8.37. The third kappa shape index (κ3) is 5.30. The maximum atomic E-state index is 11.1. The van der Waals surface area contributed by atoms with Gasteiger partial charge >= 0.3 is 0 Å². The van der Waals surface area contributed by atoms with Crippen LogP contribution in [0.3, 0.4) is 0 Å². The standard InChI is InChI=1S/C12H25NO2S/c1-3-13-12-9-5-4-7-11(12)8-6-10-16(2,14)15/h11-13H,3-10H2,1-2H3. The fraction of sp³-hybridized carbons (Fsp3) is 1.00. The van der Waals surface area contributed by atoms with Crippen molar-refractivity contribution in [2.24, 2.45) is 5.92 Å². The van der Waals surface area contributed by atoms with Crippen LogP contribution in [0, 0.1) is 5.92 Å². The number of hydrogen-bond donors (Lipinski definition) is 1. The van der Waals surface area contributed by atoms with Gasteiger partial charge in [-0.25, -0.2) is 8.42 Å². The van der Waals surface area contributed by atoms with Crippen molar-refractivity contribution in [2.75, 3.05) is 18.6 Å². The molecule has 1 fully saturated rings. The molecule has 0 aliphatic heterocycles. The van der Waals surface area contributed by atoms with Gasteiger partial charge < -0.3 is 5.32 Å². The molecule has 1 rings (SSSR count). The van der Waals surface area contributed by atoms with Gasteiger partial charge in [0.25, 0.3) is 0 Å². The van der Waals surface area contributed by atoms with E-state index in [9.17, 15) is 8.42 Å². The quantitative estimate of drug-likeness (QED) is 0.780. The SMILES string of the molecule is CCNC1CCCCC1CCCS(C)(=O)=O. The van der Waals surface area contributed by atoms with E-state index >= 15 is 0 Å². The lowest BCUT2D eigenvalue weighted by molar-refractivity contribution is 0.251. The minimum absolute atomic E-state index is 0.350. The highest BCUT2D eigenvalue weighted by Crippen LogP contribution is 2.28. The first-order valence-electron chi connectivity index (χ1n) is 6.44. The molecule has 0 radical (unpaired) electrons. The molecular weight excluding hydrogens is 222 g/mol. The molecule has 2 unspecified atom stereocenters. The second kappa shape index (κ2) is 6.60. The van der Waals surface area contributed by atoms with Crippen LogP contribution in [0.25, 0.3) is 0 Å². The van der Waals surface area contributed by atoms with Crippen molar-refractivity contribution in [1.29, 1.82) is 0 Å². The van der Waals surface area contributed by atoms with E-state index in [-0.39, 0.29) is 0 Å². The largest absolute Gasteiger partial charge is 0.314 e. The Morgan fingerprint density at radius 2 is 1.94 bits per heavy atom. The van der Waals surface area contributed by atoms with Crippen LogP contribution < -0.4 is 5.32 Å². The van der Waals surface area contributed by atoms with Gasteiger partial charge in [-0.05, 0) is 38.1 Å². The van der Waals surface area contributed by atoms with E-state index in [1.807, 2.05) is 0 Å². The average molecular weight is 247 g/mol. The third-order valence-corrected chi connectivity index (χ3v) is 4.50. The van der Waals surface area contributed by atoms with Crippen molar-refractivity contribution >= 4 is 9.84 Å². The van der Waals surface area contributed by atoms with Gasteiger partial charge in [0.15, 0.2) is 0 Å². The van der Waals surface area contributed by atoms with E-state index in [0.29, 0.717) is 17.7 Å². The fourth-order valence-electron chi connectivity index (χ4n) is 2.69. The van der Waals surface area contributed by atoms with Crippen LogP contribution in [0.4, 0.5) is 0 Å². The third-order valence-electron chi connectivity index (χ3n) is 3.47. The Kier molecular flexibility index (Phi) is 5.76. The van der Waals surface area contributed by atoms with E-state index in [2.05, 4.69) is 12.2 Å². The smallest absolute Gasteiger partial charge is 0.147 e. The molecule has 0 saturated heterocycles. The molecule has 4 heteroatoms. The monoisotopic (exact) mass is 247 g/mol.